The largest absolute Gasteiger partial charge is 0.456 e. The van der Waals surface area contributed by atoms with E-state index >= 15 is 0 Å². The molecule has 6 nitrogen and oxygen atoms in total. The SMILES string of the molecule is CCCc1c(C)cccc1Oc1cc(=O)n(C)c(Nc2ccc(I)cc2F)c1C(=O)NC. The Morgan fingerprint density at radius 1 is 1.19 bits per heavy atom. The zero-order valence-corrected chi connectivity index (χ0v) is 20.5. The normalized spacial score (nSPS) is 10.7. The predicted molar refractivity (Wildman–Crippen MR) is 133 cm³/mol. The van der Waals surface area contributed by atoms with E-state index in [0.29, 0.717) is 5.75 Å². The fourth-order valence-electron chi connectivity index (χ4n) is 3.43. The molecule has 0 spiro atoms. The van der Waals surface area contributed by atoms with Crippen LogP contribution in [0.25, 0.3) is 0 Å². The van der Waals surface area contributed by atoms with Crippen LogP contribution in [0.3, 0.4) is 0 Å². The molecule has 0 aliphatic carbocycles. The molecule has 0 saturated carbocycles. The summed E-state index contributed by atoms with van der Waals surface area (Å²) < 4.78 is 22.7. The molecule has 0 saturated heterocycles. The van der Waals surface area contributed by atoms with Gasteiger partial charge in [-0.05, 0) is 71.3 Å². The van der Waals surface area contributed by atoms with Crippen molar-refractivity contribution in [1.29, 1.82) is 0 Å². The molecular weight excluding hydrogens is 524 g/mol. The first-order chi connectivity index (χ1) is 15.3. The number of hydrogen-bond acceptors (Lipinski definition) is 4. The van der Waals surface area contributed by atoms with Crippen LogP contribution in [-0.2, 0) is 13.5 Å². The van der Waals surface area contributed by atoms with Crippen LogP contribution in [0.1, 0.15) is 34.8 Å². The highest BCUT2D eigenvalue weighted by molar-refractivity contribution is 14.1. The van der Waals surface area contributed by atoms with Gasteiger partial charge < -0.3 is 15.4 Å². The highest BCUT2D eigenvalue weighted by atomic mass is 127. The second-order valence-electron chi connectivity index (χ2n) is 7.36. The average Bonchev–Trinajstić information content (AvgIpc) is 2.75. The van der Waals surface area contributed by atoms with Crippen molar-refractivity contribution < 1.29 is 13.9 Å². The molecule has 0 atom stereocenters. The van der Waals surface area contributed by atoms with Crippen LogP contribution >= 0.6 is 22.6 Å². The number of rotatable bonds is 7. The van der Waals surface area contributed by atoms with Gasteiger partial charge in [-0.2, -0.15) is 0 Å². The number of carbonyl (C=O) groups is 1. The fraction of sp³-hybridized carbons (Fsp3) is 0.250. The van der Waals surface area contributed by atoms with Crippen LogP contribution in [0, 0.1) is 16.3 Å². The van der Waals surface area contributed by atoms with Crippen LogP contribution in [0.15, 0.2) is 47.3 Å². The molecule has 2 N–H and O–H groups in total. The van der Waals surface area contributed by atoms with Gasteiger partial charge in [-0.15, -0.1) is 0 Å². The second-order valence-corrected chi connectivity index (χ2v) is 8.61. The monoisotopic (exact) mass is 549 g/mol. The molecule has 0 unspecified atom stereocenters. The first-order valence-electron chi connectivity index (χ1n) is 10.2. The van der Waals surface area contributed by atoms with Gasteiger partial charge in [0.25, 0.3) is 11.5 Å². The average molecular weight is 549 g/mol. The van der Waals surface area contributed by atoms with Crippen molar-refractivity contribution >= 4 is 40.0 Å². The summed E-state index contributed by atoms with van der Waals surface area (Å²) in [6.45, 7) is 4.07. The molecule has 1 heterocycles. The highest BCUT2D eigenvalue weighted by Crippen LogP contribution is 2.34. The van der Waals surface area contributed by atoms with E-state index in [-0.39, 0.29) is 22.8 Å². The topological polar surface area (TPSA) is 72.4 Å². The Kier molecular flexibility index (Phi) is 7.55. The Bertz CT molecular complexity index is 1220. The van der Waals surface area contributed by atoms with Gasteiger partial charge in [0.1, 0.15) is 28.7 Å². The van der Waals surface area contributed by atoms with Crippen molar-refractivity contribution in [2.45, 2.75) is 26.7 Å². The minimum atomic E-state index is -0.498. The number of aromatic nitrogens is 1. The van der Waals surface area contributed by atoms with Gasteiger partial charge in [0.2, 0.25) is 0 Å². The summed E-state index contributed by atoms with van der Waals surface area (Å²) in [5.41, 5.74) is 1.93. The van der Waals surface area contributed by atoms with Crippen molar-refractivity contribution in [2.75, 3.05) is 12.4 Å². The third kappa shape index (κ3) is 4.95. The molecule has 0 aliphatic rings. The third-order valence-electron chi connectivity index (χ3n) is 5.13. The maximum atomic E-state index is 14.5. The van der Waals surface area contributed by atoms with E-state index in [1.807, 2.05) is 47.7 Å². The first-order valence-corrected chi connectivity index (χ1v) is 11.3. The van der Waals surface area contributed by atoms with Gasteiger partial charge >= 0.3 is 0 Å². The van der Waals surface area contributed by atoms with Crippen LogP contribution in [0.5, 0.6) is 11.5 Å². The number of pyridine rings is 1. The molecule has 8 heteroatoms. The number of hydrogen-bond donors (Lipinski definition) is 2. The molecule has 1 amide bonds. The summed E-state index contributed by atoms with van der Waals surface area (Å²) >= 11 is 2.01. The van der Waals surface area contributed by atoms with Gasteiger partial charge in [-0.25, -0.2) is 4.39 Å². The second kappa shape index (κ2) is 10.2. The standard InChI is InChI=1S/C24H25FIN3O3/c1-5-7-16-14(2)8-6-9-19(16)32-20-13-21(30)29(4)23(22(20)24(31)27-3)28-18-11-10-15(26)12-17(18)25/h6,8-13,28H,5,7H2,1-4H3,(H,27,31). The summed E-state index contributed by atoms with van der Waals surface area (Å²) in [7, 11) is 3.00. The number of benzene rings is 2. The minimum Gasteiger partial charge on any atom is -0.456 e. The number of amides is 1. The first kappa shape index (κ1) is 23.8. The number of nitrogens with one attached hydrogen (secondary N) is 2. The summed E-state index contributed by atoms with van der Waals surface area (Å²) in [5, 5.41) is 5.50. The zero-order chi connectivity index (χ0) is 23.4. The lowest BCUT2D eigenvalue weighted by Crippen LogP contribution is -2.27. The molecule has 2 aromatic carbocycles. The summed E-state index contributed by atoms with van der Waals surface area (Å²) in [6, 6.07) is 11.6. The quantitative estimate of drug-likeness (QED) is 0.394. The van der Waals surface area contributed by atoms with Crippen molar-refractivity contribution in [3.8, 4) is 11.5 Å². The van der Waals surface area contributed by atoms with Crippen molar-refractivity contribution in [2.24, 2.45) is 7.05 Å². The Labute approximate surface area is 199 Å². The minimum absolute atomic E-state index is 0.101. The number of ether oxygens (including phenoxy) is 1. The van der Waals surface area contributed by atoms with Crippen molar-refractivity contribution in [3.63, 3.8) is 0 Å². The van der Waals surface area contributed by atoms with Gasteiger partial charge in [0.15, 0.2) is 0 Å². The molecule has 0 aliphatic heterocycles. The molecule has 0 fully saturated rings. The van der Waals surface area contributed by atoms with E-state index in [2.05, 4.69) is 17.6 Å². The van der Waals surface area contributed by atoms with Crippen LogP contribution < -0.4 is 20.9 Å². The molecule has 0 bridgehead atoms. The molecule has 32 heavy (non-hydrogen) atoms. The fourth-order valence-corrected chi connectivity index (χ4v) is 3.88. The van der Waals surface area contributed by atoms with E-state index in [4.69, 9.17) is 4.74 Å². The third-order valence-corrected chi connectivity index (χ3v) is 5.80. The Morgan fingerprint density at radius 2 is 1.94 bits per heavy atom. The van der Waals surface area contributed by atoms with Crippen LogP contribution in [-0.4, -0.2) is 17.5 Å². The van der Waals surface area contributed by atoms with Gasteiger partial charge in [0.05, 0.1) is 5.69 Å². The van der Waals surface area contributed by atoms with Gasteiger partial charge in [0, 0.05) is 23.7 Å². The smallest absolute Gasteiger partial charge is 0.258 e. The lowest BCUT2D eigenvalue weighted by molar-refractivity contribution is 0.0961. The van der Waals surface area contributed by atoms with Crippen molar-refractivity contribution in [3.05, 3.63) is 78.9 Å². The molecule has 168 valence electrons. The van der Waals surface area contributed by atoms with E-state index in [1.165, 1.54) is 30.8 Å². The van der Waals surface area contributed by atoms with E-state index in [9.17, 15) is 14.0 Å². The number of anilines is 2. The maximum Gasteiger partial charge on any atom is 0.258 e. The molecular formula is C24H25FIN3O3. The number of aryl methyl sites for hydroxylation is 1. The summed E-state index contributed by atoms with van der Waals surface area (Å²) in [5.74, 6) is -0.145. The van der Waals surface area contributed by atoms with Gasteiger partial charge in [-0.3, -0.25) is 14.2 Å². The molecule has 3 aromatic rings. The maximum absolute atomic E-state index is 14.5. The summed E-state index contributed by atoms with van der Waals surface area (Å²) in [6.07, 6.45) is 1.71. The van der Waals surface area contributed by atoms with Crippen LogP contribution in [0.4, 0.5) is 15.9 Å². The zero-order valence-electron chi connectivity index (χ0n) is 18.4. The van der Waals surface area contributed by atoms with E-state index in [0.717, 1.165) is 27.5 Å². The Balaban J connectivity index is 2.19. The number of nitrogens with zero attached hydrogens (tertiary/aromatic N) is 1. The molecule has 0 radical (unpaired) electrons. The Morgan fingerprint density at radius 3 is 2.59 bits per heavy atom. The molecule has 3 rings (SSSR count). The predicted octanol–water partition coefficient (Wildman–Crippen LogP) is 5.29. The van der Waals surface area contributed by atoms with Crippen LogP contribution in [0.2, 0.25) is 0 Å². The number of carbonyl (C=O) groups excluding carboxylic acids is 1. The highest BCUT2D eigenvalue weighted by Gasteiger charge is 2.23. The Hall–Kier alpha value is -2.88. The van der Waals surface area contributed by atoms with E-state index < -0.39 is 17.3 Å². The van der Waals surface area contributed by atoms with E-state index in [1.54, 1.807) is 12.1 Å². The lowest BCUT2D eigenvalue weighted by atomic mass is 10.0. The lowest BCUT2D eigenvalue weighted by Gasteiger charge is -2.20. The summed E-state index contributed by atoms with van der Waals surface area (Å²) in [4.78, 5) is 25.6. The van der Waals surface area contributed by atoms with Gasteiger partial charge in [-0.1, -0.05) is 25.5 Å². The molecule has 1 aromatic heterocycles. The number of halogens is 2. The van der Waals surface area contributed by atoms with Crippen molar-refractivity contribution in [1.82, 2.24) is 9.88 Å².